The first-order valence-corrected chi connectivity index (χ1v) is 5.32. The summed E-state index contributed by atoms with van der Waals surface area (Å²) in [7, 11) is 0. The van der Waals surface area contributed by atoms with E-state index < -0.39 is 0 Å². The van der Waals surface area contributed by atoms with E-state index in [0.717, 1.165) is 43.4 Å². The van der Waals surface area contributed by atoms with Crippen LogP contribution in [0.3, 0.4) is 0 Å². The highest BCUT2D eigenvalue weighted by Gasteiger charge is 2.13. The highest BCUT2D eigenvalue weighted by atomic mass is 16.5. The summed E-state index contributed by atoms with van der Waals surface area (Å²) in [5, 5.41) is 7.45. The van der Waals surface area contributed by atoms with Gasteiger partial charge in [-0.3, -0.25) is 5.41 Å². The van der Waals surface area contributed by atoms with Gasteiger partial charge in [-0.2, -0.15) is 0 Å². The Morgan fingerprint density at radius 3 is 2.75 bits per heavy atom. The quantitative estimate of drug-likeness (QED) is 0.562. The van der Waals surface area contributed by atoms with Gasteiger partial charge in [-0.15, -0.1) is 0 Å². The third-order valence-electron chi connectivity index (χ3n) is 2.59. The molecule has 0 atom stereocenters. The number of pyridine rings is 1. The summed E-state index contributed by atoms with van der Waals surface area (Å²) in [6.07, 6.45) is 0. The minimum Gasteiger partial charge on any atom is -0.384 e. The molecular formula is C11H16N4O. The van der Waals surface area contributed by atoms with Crippen LogP contribution in [0.5, 0.6) is 0 Å². The average Bonchev–Trinajstić information content (AvgIpc) is 2.29. The minimum atomic E-state index is 0.0833. The molecule has 0 unspecified atom stereocenters. The first kappa shape index (κ1) is 10.9. The van der Waals surface area contributed by atoms with Crippen molar-refractivity contribution in [2.75, 3.05) is 31.2 Å². The van der Waals surface area contributed by atoms with E-state index in [1.165, 1.54) is 0 Å². The summed E-state index contributed by atoms with van der Waals surface area (Å²) in [5.74, 6) is 0.966. The van der Waals surface area contributed by atoms with Crippen LogP contribution in [-0.4, -0.2) is 37.1 Å². The number of ether oxygens (including phenoxy) is 1. The van der Waals surface area contributed by atoms with Crippen LogP contribution in [-0.2, 0) is 4.74 Å². The van der Waals surface area contributed by atoms with Crippen LogP contribution >= 0.6 is 0 Å². The Kier molecular flexibility index (Phi) is 3.05. The molecule has 3 N–H and O–H groups in total. The van der Waals surface area contributed by atoms with Crippen molar-refractivity contribution in [2.45, 2.75) is 6.92 Å². The lowest BCUT2D eigenvalue weighted by Gasteiger charge is -2.28. The molecule has 5 heteroatoms. The molecule has 86 valence electrons. The van der Waals surface area contributed by atoms with Crippen molar-refractivity contribution < 1.29 is 4.74 Å². The number of aryl methyl sites for hydroxylation is 1. The fourth-order valence-corrected chi connectivity index (χ4v) is 1.76. The first-order chi connectivity index (χ1) is 7.66. The first-order valence-electron chi connectivity index (χ1n) is 5.32. The third kappa shape index (κ3) is 2.30. The molecule has 0 saturated carbocycles. The van der Waals surface area contributed by atoms with Gasteiger partial charge in [0.15, 0.2) is 0 Å². The zero-order chi connectivity index (χ0) is 11.5. The van der Waals surface area contributed by atoms with Crippen molar-refractivity contribution in [1.82, 2.24) is 4.98 Å². The molecule has 1 saturated heterocycles. The highest BCUT2D eigenvalue weighted by Crippen LogP contribution is 2.16. The molecule has 0 bridgehead atoms. The molecule has 0 radical (unpaired) electrons. The average molecular weight is 220 g/mol. The number of nitrogens with one attached hydrogen (secondary N) is 1. The zero-order valence-corrected chi connectivity index (χ0v) is 9.36. The van der Waals surface area contributed by atoms with Crippen LogP contribution in [0.2, 0.25) is 0 Å². The molecule has 1 aliphatic heterocycles. The summed E-state index contributed by atoms with van der Waals surface area (Å²) >= 11 is 0. The van der Waals surface area contributed by atoms with Crippen LogP contribution in [0.15, 0.2) is 12.1 Å². The standard InChI is InChI=1S/C11H16N4O/c1-8-6-9(11(12)13)7-10(14-8)15-2-4-16-5-3-15/h6-7H,2-5H2,1H3,(H3,12,13). The molecule has 0 aromatic carbocycles. The predicted molar refractivity (Wildman–Crippen MR) is 63.0 cm³/mol. The fraction of sp³-hybridized carbons (Fsp3) is 0.455. The number of morpholine rings is 1. The fourth-order valence-electron chi connectivity index (χ4n) is 1.76. The largest absolute Gasteiger partial charge is 0.384 e. The minimum absolute atomic E-state index is 0.0833. The Labute approximate surface area is 94.7 Å². The molecule has 1 aliphatic rings. The molecule has 1 fully saturated rings. The number of hydrogen-bond acceptors (Lipinski definition) is 4. The Bertz CT molecular complexity index is 399. The molecule has 2 heterocycles. The van der Waals surface area contributed by atoms with Gasteiger partial charge in [0.05, 0.1) is 13.2 Å². The third-order valence-corrected chi connectivity index (χ3v) is 2.59. The lowest BCUT2D eigenvalue weighted by molar-refractivity contribution is 0.122. The second kappa shape index (κ2) is 4.49. The number of nitrogens with two attached hydrogens (primary N) is 1. The number of nitrogen functional groups attached to an aromatic ring is 1. The van der Waals surface area contributed by atoms with Crippen molar-refractivity contribution in [1.29, 1.82) is 5.41 Å². The van der Waals surface area contributed by atoms with E-state index in [0.29, 0.717) is 0 Å². The number of nitrogens with zero attached hydrogens (tertiary/aromatic N) is 2. The molecule has 5 nitrogen and oxygen atoms in total. The van der Waals surface area contributed by atoms with Crippen LogP contribution in [0.1, 0.15) is 11.3 Å². The predicted octanol–water partition coefficient (Wildman–Crippen LogP) is 0.511. The molecule has 1 aromatic rings. The summed E-state index contributed by atoms with van der Waals surface area (Å²) in [4.78, 5) is 6.61. The SMILES string of the molecule is Cc1cc(C(=N)N)cc(N2CCOCC2)n1. The van der Waals surface area contributed by atoms with E-state index in [1.807, 2.05) is 19.1 Å². The van der Waals surface area contributed by atoms with Gasteiger partial charge in [0.25, 0.3) is 0 Å². The number of amidine groups is 1. The summed E-state index contributed by atoms with van der Waals surface area (Å²) in [6.45, 7) is 5.05. The van der Waals surface area contributed by atoms with Gasteiger partial charge in [-0.1, -0.05) is 0 Å². The van der Waals surface area contributed by atoms with E-state index in [2.05, 4.69) is 9.88 Å². The van der Waals surface area contributed by atoms with Crippen LogP contribution in [0.25, 0.3) is 0 Å². The lowest BCUT2D eigenvalue weighted by Crippen LogP contribution is -2.37. The number of anilines is 1. The van der Waals surface area contributed by atoms with Crippen LogP contribution in [0.4, 0.5) is 5.82 Å². The Balaban J connectivity index is 2.28. The molecule has 0 aliphatic carbocycles. The maximum atomic E-state index is 7.45. The normalized spacial score (nSPS) is 16.2. The molecule has 2 rings (SSSR count). The van der Waals surface area contributed by atoms with Crippen molar-refractivity contribution >= 4 is 11.7 Å². The van der Waals surface area contributed by atoms with Crippen LogP contribution in [0, 0.1) is 12.3 Å². The van der Waals surface area contributed by atoms with E-state index in [-0.39, 0.29) is 5.84 Å². The van der Waals surface area contributed by atoms with Crippen LogP contribution < -0.4 is 10.6 Å². The highest BCUT2D eigenvalue weighted by molar-refractivity contribution is 5.95. The molecular weight excluding hydrogens is 204 g/mol. The van der Waals surface area contributed by atoms with E-state index in [4.69, 9.17) is 15.9 Å². The maximum absolute atomic E-state index is 7.45. The van der Waals surface area contributed by atoms with Crippen molar-refractivity contribution in [3.05, 3.63) is 23.4 Å². The van der Waals surface area contributed by atoms with Gasteiger partial charge >= 0.3 is 0 Å². The molecule has 0 spiro atoms. The van der Waals surface area contributed by atoms with E-state index >= 15 is 0 Å². The van der Waals surface area contributed by atoms with Crippen molar-refractivity contribution in [3.8, 4) is 0 Å². The van der Waals surface area contributed by atoms with Gasteiger partial charge in [0, 0.05) is 24.3 Å². The Hall–Kier alpha value is -1.62. The second-order valence-corrected chi connectivity index (χ2v) is 3.87. The number of aromatic nitrogens is 1. The van der Waals surface area contributed by atoms with Gasteiger partial charge in [0.1, 0.15) is 11.7 Å². The Morgan fingerprint density at radius 2 is 2.12 bits per heavy atom. The van der Waals surface area contributed by atoms with Crippen molar-refractivity contribution in [3.63, 3.8) is 0 Å². The molecule has 16 heavy (non-hydrogen) atoms. The van der Waals surface area contributed by atoms with Crippen molar-refractivity contribution in [2.24, 2.45) is 5.73 Å². The molecule has 0 amide bonds. The number of hydrogen-bond donors (Lipinski definition) is 2. The number of rotatable bonds is 2. The summed E-state index contributed by atoms with van der Waals surface area (Å²) in [5.41, 5.74) is 7.11. The topological polar surface area (TPSA) is 75.2 Å². The van der Waals surface area contributed by atoms with Gasteiger partial charge in [-0.25, -0.2) is 4.98 Å². The van der Waals surface area contributed by atoms with Gasteiger partial charge in [0.2, 0.25) is 0 Å². The monoisotopic (exact) mass is 220 g/mol. The summed E-state index contributed by atoms with van der Waals surface area (Å²) < 4.78 is 5.29. The van der Waals surface area contributed by atoms with Gasteiger partial charge in [-0.05, 0) is 19.1 Å². The lowest BCUT2D eigenvalue weighted by atomic mass is 10.2. The van der Waals surface area contributed by atoms with E-state index in [1.54, 1.807) is 0 Å². The van der Waals surface area contributed by atoms with E-state index in [9.17, 15) is 0 Å². The molecule has 1 aromatic heterocycles. The Morgan fingerprint density at radius 1 is 1.44 bits per heavy atom. The van der Waals surface area contributed by atoms with Gasteiger partial charge < -0.3 is 15.4 Å². The smallest absolute Gasteiger partial charge is 0.129 e. The summed E-state index contributed by atoms with van der Waals surface area (Å²) in [6, 6.07) is 3.69. The second-order valence-electron chi connectivity index (χ2n) is 3.87. The zero-order valence-electron chi connectivity index (χ0n) is 9.36. The maximum Gasteiger partial charge on any atom is 0.129 e.